The highest BCUT2D eigenvalue weighted by Gasteiger charge is 2.30. The number of hydrogen-bond donors (Lipinski definition) is 0. The van der Waals surface area contributed by atoms with Gasteiger partial charge in [0.1, 0.15) is 0 Å². The largest absolute Gasteiger partial charge is 0.346 e. The van der Waals surface area contributed by atoms with Crippen LogP contribution in [0.2, 0.25) is 0 Å². The summed E-state index contributed by atoms with van der Waals surface area (Å²) >= 11 is 3.43. The van der Waals surface area contributed by atoms with Gasteiger partial charge in [-0.25, -0.2) is 0 Å². The van der Waals surface area contributed by atoms with Crippen molar-refractivity contribution in [3.63, 3.8) is 0 Å². The summed E-state index contributed by atoms with van der Waals surface area (Å²) in [6.07, 6.45) is -0.570. The SMILES string of the molecule is c1csc(-c2cc(C3OCCO3)c(C3OCCO3)s2)c1. The molecule has 2 aromatic rings. The maximum absolute atomic E-state index is 5.65. The monoisotopic (exact) mass is 310 g/mol. The minimum absolute atomic E-state index is 0.281. The molecule has 4 nitrogen and oxygen atoms in total. The van der Waals surface area contributed by atoms with Crippen LogP contribution in [0.25, 0.3) is 9.75 Å². The van der Waals surface area contributed by atoms with Gasteiger partial charge in [0.05, 0.1) is 31.3 Å². The average molecular weight is 310 g/mol. The first-order valence-corrected chi connectivity index (χ1v) is 8.25. The molecule has 0 amide bonds. The van der Waals surface area contributed by atoms with Crippen LogP contribution < -0.4 is 0 Å². The van der Waals surface area contributed by atoms with Gasteiger partial charge in [-0.1, -0.05) is 6.07 Å². The van der Waals surface area contributed by atoms with E-state index in [0.29, 0.717) is 26.4 Å². The summed E-state index contributed by atoms with van der Waals surface area (Å²) in [6.45, 7) is 2.56. The van der Waals surface area contributed by atoms with E-state index in [1.165, 1.54) is 9.75 Å². The molecule has 2 aliphatic rings. The van der Waals surface area contributed by atoms with Crippen LogP contribution in [0.1, 0.15) is 23.0 Å². The second-order valence-corrected chi connectivity index (χ2v) is 6.59. The second-order valence-electron chi connectivity index (χ2n) is 4.55. The molecule has 106 valence electrons. The van der Waals surface area contributed by atoms with Crippen molar-refractivity contribution in [3.05, 3.63) is 34.0 Å². The van der Waals surface area contributed by atoms with Crippen LogP contribution in [-0.4, -0.2) is 26.4 Å². The molecule has 2 saturated heterocycles. The van der Waals surface area contributed by atoms with E-state index in [1.807, 2.05) is 0 Å². The second kappa shape index (κ2) is 5.55. The maximum atomic E-state index is 5.65. The van der Waals surface area contributed by atoms with Gasteiger partial charge in [0.25, 0.3) is 0 Å². The van der Waals surface area contributed by atoms with Gasteiger partial charge in [-0.3, -0.25) is 0 Å². The molecule has 20 heavy (non-hydrogen) atoms. The van der Waals surface area contributed by atoms with Crippen LogP contribution >= 0.6 is 22.7 Å². The Labute approximate surface area is 124 Å². The lowest BCUT2D eigenvalue weighted by Gasteiger charge is -2.13. The summed E-state index contributed by atoms with van der Waals surface area (Å²) in [4.78, 5) is 3.53. The summed E-state index contributed by atoms with van der Waals surface area (Å²) in [6, 6.07) is 6.33. The Bertz CT molecular complexity index is 533. The van der Waals surface area contributed by atoms with E-state index >= 15 is 0 Å². The predicted molar refractivity (Wildman–Crippen MR) is 76.9 cm³/mol. The summed E-state index contributed by atoms with van der Waals surface area (Å²) in [5.74, 6) is 0. The van der Waals surface area contributed by atoms with Crippen LogP contribution in [-0.2, 0) is 18.9 Å². The highest BCUT2D eigenvalue weighted by atomic mass is 32.1. The van der Waals surface area contributed by atoms with Gasteiger partial charge in [-0.15, -0.1) is 22.7 Å². The zero-order chi connectivity index (χ0) is 13.4. The minimum atomic E-state index is -0.289. The summed E-state index contributed by atoms with van der Waals surface area (Å²) < 4.78 is 22.6. The average Bonchev–Trinajstić information content (AvgIpc) is 3.22. The van der Waals surface area contributed by atoms with Gasteiger partial charge in [0.15, 0.2) is 12.6 Å². The van der Waals surface area contributed by atoms with E-state index in [4.69, 9.17) is 18.9 Å². The molecule has 0 bridgehead atoms. The Kier molecular flexibility index (Phi) is 3.59. The van der Waals surface area contributed by atoms with Crippen molar-refractivity contribution < 1.29 is 18.9 Å². The molecule has 2 aliphatic heterocycles. The summed E-state index contributed by atoms with van der Waals surface area (Å²) in [7, 11) is 0. The van der Waals surface area contributed by atoms with E-state index in [-0.39, 0.29) is 12.6 Å². The minimum Gasteiger partial charge on any atom is -0.346 e. The van der Waals surface area contributed by atoms with E-state index in [0.717, 1.165) is 10.4 Å². The zero-order valence-electron chi connectivity index (χ0n) is 10.7. The molecule has 0 aliphatic carbocycles. The van der Waals surface area contributed by atoms with Gasteiger partial charge in [0.2, 0.25) is 0 Å². The molecular formula is C14H14O4S2. The Balaban J connectivity index is 1.73. The molecule has 2 aromatic heterocycles. The van der Waals surface area contributed by atoms with Gasteiger partial charge >= 0.3 is 0 Å². The normalized spacial score (nSPS) is 21.0. The van der Waals surface area contributed by atoms with Gasteiger partial charge < -0.3 is 18.9 Å². The molecule has 0 saturated carbocycles. The van der Waals surface area contributed by atoms with Crippen LogP contribution in [0.4, 0.5) is 0 Å². The maximum Gasteiger partial charge on any atom is 0.193 e. The molecule has 0 unspecified atom stereocenters. The van der Waals surface area contributed by atoms with E-state index in [1.54, 1.807) is 22.7 Å². The van der Waals surface area contributed by atoms with Crippen LogP contribution in [0.15, 0.2) is 23.6 Å². The molecule has 0 spiro atoms. The van der Waals surface area contributed by atoms with Gasteiger partial charge in [-0.05, 0) is 17.5 Å². The molecule has 0 N–H and O–H groups in total. The quantitative estimate of drug-likeness (QED) is 0.868. The fraction of sp³-hybridized carbons (Fsp3) is 0.429. The Morgan fingerprint density at radius 3 is 2.25 bits per heavy atom. The predicted octanol–water partition coefficient (Wildman–Crippen LogP) is 3.57. The van der Waals surface area contributed by atoms with Gasteiger partial charge in [-0.2, -0.15) is 0 Å². The van der Waals surface area contributed by atoms with Crippen molar-refractivity contribution in [1.29, 1.82) is 0 Å². The lowest BCUT2D eigenvalue weighted by molar-refractivity contribution is -0.0613. The Morgan fingerprint density at radius 1 is 0.900 bits per heavy atom. The fourth-order valence-electron chi connectivity index (χ4n) is 2.38. The molecule has 2 fully saturated rings. The van der Waals surface area contributed by atoms with Crippen LogP contribution in [0.5, 0.6) is 0 Å². The molecule has 4 heterocycles. The standard InChI is InChI=1S/C14H14O4S2/c1-2-10(19-7-1)11-8-9(13-15-3-4-16-13)12(20-11)14-17-5-6-18-14/h1-2,7-8,13-14H,3-6H2. The highest BCUT2D eigenvalue weighted by Crippen LogP contribution is 2.43. The van der Waals surface area contributed by atoms with Crippen molar-refractivity contribution in [2.45, 2.75) is 12.6 Å². The molecule has 0 atom stereocenters. The van der Waals surface area contributed by atoms with Crippen molar-refractivity contribution >= 4 is 22.7 Å². The lowest BCUT2D eigenvalue weighted by atomic mass is 10.2. The first kappa shape index (κ1) is 12.9. The number of ether oxygens (including phenoxy) is 4. The molecule has 0 radical (unpaired) electrons. The number of rotatable bonds is 3. The number of hydrogen-bond acceptors (Lipinski definition) is 6. The van der Waals surface area contributed by atoms with Crippen molar-refractivity contribution in [2.75, 3.05) is 26.4 Å². The number of thiophene rings is 2. The molecule has 0 aromatic carbocycles. The van der Waals surface area contributed by atoms with E-state index in [2.05, 4.69) is 23.6 Å². The van der Waals surface area contributed by atoms with E-state index in [9.17, 15) is 0 Å². The molecule has 4 rings (SSSR count). The van der Waals surface area contributed by atoms with E-state index < -0.39 is 0 Å². The van der Waals surface area contributed by atoms with Gasteiger partial charge in [0, 0.05) is 15.3 Å². The van der Waals surface area contributed by atoms with Crippen LogP contribution in [0.3, 0.4) is 0 Å². The zero-order valence-corrected chi connectivity index (χ0v) is 12.4. The first-order valence-electron chi connectivity index (χ1n) is 6.56. The van der Waals surface area contributed by atoms with Crippen molar-refractivity contribution in [2.24, 2.45) is 0 Å². The Morgan fingerprint density at radius 2 is 1.60 bits per heavy atom. The first-order chi connectivity index (χ1) is 9.92. The van der Waals surface area contributed by atoms with Crippen molar-refractivity contribution in [3.8, 4) is 9.75 Å². The van der Waals surface area contributed by atoms with Crippen molar-refractivity contribution in [1.82, 2.24) is 0 Å². The highest BCUT2D eigenvalue weighted by molar-refractivity contribution is 7.21. The fourth-order valence-corrected chi connectivity index (χ4v) is 4.38. The molecule has 6 heteroatoms. The van der Waals surface area contributed by atoms with Crippen LogP contribution in [0, 0.1) is 0 Å². The third kappa shape index (κ3) is 2.32. The lowest BCUT2D eigenvalue weighted by Crippen LogP contribution is -2.04. The smallest absolute Gasteiger partial charge is 0.193 e. The summed E-state index contributed by atoms with van der Waals surface area (Å²) in [5.41, 5.74) is 1.04. The summed E-state index contributed by atoms with van der Waals surface area (Å²) in [5, 5.41) is 2.08. The Hall–Kier alpha value is -0.760. The molecular weight excluding hydrogens is 296 g/mol. The third-order valence-electron chi connectivity index (χ3n) is 3.27. The topological polar surface area (TPSA) is 36.9 Å². The third-order valence-corrected chi connectivity index (χ3v) is 5.50.